The molecule has 2 aromatic carbocycles. The summed E-state index contributed by atoms with van der Waals surface area (Å²) in [5.41, 5.74) is 3.94. The molecule has 0 aromatic heterocycles. The fourth-order valence-electron chi connectivity index (χ4n) is 6.30. The van der Waals surface area contributed by atoms with Crippen LogP contribution in [0.5, 0.6) is 0 Å². The van der Waals surface area contributed by atoms with Crippen LogP contribution >= 0.6 is 35.6 Å². The van der Waals surface area contributed by atoms with Crippen LogP contribution < -0.4 is 10.2 Å². The smallest absolute Gasteiger partial charge is 0.317 e. The number of likely N-dealkylation sites (tertiary alicyclic amines) is 1. The number of carbonyl (C=O) groups excluding carboxylic acids is 2. The van der Waals surface area contributed by atoms with Crippen molar-refractivity contribution >= 4 is 53.2 Å². The highest BCUT2D eigenvalue weighted by Crippen LogP contribution is 2.45. The van der Waals surface area contributed by atoms with Crippen molar-refractivity contribution in [3.05, 3.63) is 63.1 Å². The lowest BCUT2D eigenvalue weighted by Gasteiger charge is -2.40. The van der Waals surface area contributed by atoms with E-state index in [1.165, 1.54) is 0 Å². The van der Waals surface area contributed by atoms with E-state index < -0.39 is 0 Å². The van der Waals surface area contributed by atoms with Gasteiger partial charge in [-0.3, -0.25) is 4.79 Å². The Labute approximate surface area is 247 Å². The Morgan fingerprint density at radius 2 is 1.77 bits per heavy atom. The number of halogens is 3. The molecule has 2 unspecified atom stereocenters. The quantitative estimate of drug-likeness (QED) is 0.449. The molecule has 5 rings (SSSR count). The van der Waals surface area contributed by atoms with Gasteiger partial charge in [-0.2, -0.15) is 0 Å². The van der Waals surface area contributed by atoms with Crippen molar-refractivity contribution in [1.82, 2.24) is 20.0 Å². The van der Waals surface area contributed by atoms with Crippen LogP contribution in [0.4, 0.5) is 10.5 Å². The van der Waals surface area contributed by atoms with Crippen molar-refractivity contribution in [1.29, 1.82) is 0 Å². The van der Waals surface area contributed by atoms with Crippen molar-refractivity contribution in [2.45, 2.75) is 43.7 Å². The van der Waals surface area contributed by atoms with Gasteiger partial charge in [-0.05, 0) is 67.6 Å². The fraction of sp³-hybridized carbons (Fsp3) is 0.517. The molecule has 2 aromatic rings. The zero-order valence-corrected chi connectivity index (χ0v) is 25.2. The third-order valence-electron chi connectivity index (χ3n) is 8.46. The molecule has 0 saturated carbocycles. The molecule has 0 radical (unpaired) electrons. The van der Waals surface area contributed by atoms with Gasteiger partial charge < -0.3 is 24.9 Å². The zero-order chi connectivity index (χ0) is 27.0. The van der Waals surface area contributed by atoms with Gasteiger partial charge in [-0.25, -0.2) is 4.79 Å². The van der Waals surface area contributed by atoms with E-state index in [9.17, 15) is 9.59 Å². The highest BCUT2D eigenvalue weighted by molar-refractivity contribution is 6.42. The summed E-state index contributed by atoms with van der Waals surface area (Å²) in [4.78, 5) is 34.1. The lowest BCUT2D eigenvalue weighted by atomic mass is 9.84. The SMILES string of the molecule is CN(C)c1ccc2c(c1)C(=O)N(C)C2C(CCN1CCC(N2CCCNC2=O)CC1)c1ccc(Cl)c(Cl)c1.Cl. The van der Waals surface area contributed by atoms with Crippen LogP contribution in [0.25, 0.3) is 0 Å². The monoisotopic (exact) mass is 593 g/mol. The van der Waals surface area contributed by atoms with Crippen molar-refractivity contribution in [2.24, 2.45) is 0 Å². The van der Waals surface area contributed by atoms with Crippen molar-refractivity contribution in [3.63, 3.8) is 0 Å². The number of piperidine rings is 1. The third kappa shape index (κ3) is 6.12. The molecule has 3 aliphatic rings. The summed E-state index contributed by atoms with van der Waals surface area (Å²) >= 11 is 12.7. The standard InChI is InChI=1S/C29H37Cl2N5O2.ClH/c1-33(2)21-6-7-23-24(18-21)28(37)34(3)27(23)22(19-5-8-25(30)26(31)17-19)11-16-35-14-9-20(10-15-35)36-13-4-12-32-29(36)38;/h5-8,17-18,20,22,27H,4,9-16H2,1-3H3,(H,32,38);1H. The highest BCUT2D eigenvalue weighted by atomic mass is 35.5. The Kier molecular flexibility index (Phi) is 9.58. The number of likely N-dealkylation sites (N-methyl/N-ethyl adjacent to an activating group) is 1. The minimum Gasteiger partial charge on any atom is -0.378 e. The summed E-state index contributed by atoms with van der Waals surface area (Å²) in [7, 11) is 5.88. The summed E-state index contributed by atoms with van der Waals surface area (Å²) in [6, 6.07) is 12.4. The number of urea groups is 1. The number of anilines is 1. The van der Waals surface area contributed by atoms with E-state index in [-0.39, 0.29) is 36.3 Å². The molecule has 0 bridgehead atoms. The summed E-state index contributed by atoms with van der Waals surface area (Å²) < 4.78 is 0. The van der Waals surface area contributed by atoms with Gasteiger partial charge in [0.15, 0.2) is 0 Å². The topological polar surface area (TPSA) is 59.1 Å². The van der Waals surface area contributed by atoms with Gasteiger partial charge in [0, 0.05) is 70.5 Å². The highest BCUT2D eigenvalue weighted by Gasteiger charge is 2.40. The van der Waals surface area contributed by atoms with Crippen LogP contribution in [0.15, 0.2) is 36.4 Å². The van der Waals surface area contributed by atoms with E-state index in [0.29, 0.717) is 16.1 Å². The predicted octanol–water partition coefficient (Wildman–Crippen LogP) is 5.66. The van der Waals surface area contributed by atoms with E-state index in [0.717, 1.165) is 80.8 Å². The molecule has 1 N–H and O–H groups in total. The van der Waals surface area contributed by atoms with Gasteiger partial charge in [0.2, 0.25) is 0 Å². The van der Waals surface area contributed by atoms with E-state index in [2.05, 4.69) is 22.3 Å². The second kappa shape index (κ2) is 12.5. The first kappa shape index (κ1) is 29.8. The molecule has 2 fully saturated rings. The number of fused-ring (bicyclic) bond motifs is 1. The van der Waals surface area contributed by atoms with Crippen LogP contribution in [0.3, 0.4) is 0 Å². The van der Waals surface area contributed by atoms with Crippen LogP contribution in [0.2, 0.25) is 10.0 Å². The van der Waals surface area contributed by atoms with E-state index >= 15 is 0 Å². The second-order valence-electron chi connectivity index (χ2n) is 10.9. The maximum atomic E-state index is 13.4. The summed E-state index contributed by atoms with van der Waals surface area (Å²) in [5, 5.41) is 4.05. The molecule has 39 heavy (non-hydrogen) atoms. The largest absolute Gasteiger partial charge is 0.378 e. The average molecular weight is 595 g/mol. The van der Waals surface area contributed by atoms with Gasteiger partial charge in [-0.1, -0.05) is 35.3 Å². The van der Waals surface area contributed by atoms with Gasteiger partial charge in [0.25, 0.3) is 5.91 Å². The second-order valence-corrected chi connectivity index (χ2v) is 11.8. The molecule has 212 valence electrons. The van der Waals surface area contributed by atoms with E-state index in [1.54, 1.807) is 0 Å². The van der Waals surface area contributed by atoms with Gasteiger partial charge in [0.05, 0.1) is 16.1 Å². The van der Waals surface area contributed by atoms with Crippen LogP contribution in [0.1, 0.15) is 59.1 Å². The first-order chi connectivity index (χ1) is 18.2. The Hall–Kier alpha value is -2.19. The number of rotatable bonds is 7. The molecule has 3 amide bonds. The average Bonchev–Trinajstić information content (AvgIpc) is 3.16. The minimum absolute atomic E-state index is 0. The summed E-state index contributed by atoms with van der Waals surface area (Å²) in [6.07, 6.45) is 3.87. The molecule has 3 aliphatic heterocycles. The first-order valence-electron chi connectivity index (χ1n) is 13.5. The number of carbonyl (C=O) groups is 2. The fourth-order valence-corrected chi connectivity index (χ4v) is 6.61. The zero-order valence-electron chi connectivity index (χ0n) is 22.8. The van der Waals surface area contributed by atoms with E-state index in [4.69, 9.17) is 23.2 Å². The Bertz CT molecular complexity index is 1200. The predicted molar refractivity (Wildman–Crippen MR) is 161 cm³/mol. The number of benzene rings is 2. The molecule has 3 heterocycles. The first-order valence-corrected chi connectivity index (χ1v) is 14.3. The Balaban J connectivity index is 0.00000353. The molecule has 7 nitrogen and oxygen atoms in total. The van der Waals surface area contributed by atoms with E-state index in [1.807, 2.05) is 60.1 Å². The third-order valence-corrected chi connectivity index (χ3v) is 9.20. The Morgan fingerprint density at radius 1 is 1.03 bits per heavy atom. The maximum absolute atomic E-state index is 13.4. The maximum Gasteiger partial charge on any atom is 0.317 e. The molecule has 0 aliphatic carbocycles. The normalized spacial score (nSPS) is 20.9. The Morgan fingerprint density at radius 3 is 2.44 bits per heavy atom. The van der Waals surface area contributed by atoms with Crippen molar-refractivity contribution < 1.29 is 9.59 Å². The number of nitrogens with zero attached hydrogens (tertiary/aromatic N) is 4. The number of hydrogen-bond acceptors (Lipinski definition) is 4. The molecule has 0 spiro atoms. The van der Waals surface area contributed by atoms with Crippen molar-refractivity contribution in [2.75, 3.05) is 58.8 Å². The van der Waals surface area contributed by atoms with Crippen LogP contribution in [-0.2, 0) is 0 Å². The molecule has 2 saturated heterocycles. The van der Waals surface area contributed by atoms with Crippen molar-refractivity contribution in [3.8, 4) is 0 Å². The number of amides is 3. The molecular weight excluding hydrogens is 557 g/mol. The minimum atomic E-state index is -0.0828. The van der Waals surface area contributed by atoms with Gasteiger partial charge in [0.1, 0.15) is 0 Å². The van der Waals surface area contributed by atoms with Crippen LogP contribution in [0, 0.1) is 0 Å². The van der Waals surface area contributed by atoms with Gasteiger partial charge >= 0.3 is 6.03 Å². The summed E-state index contributed by atoms with van der Waals surface area (Å²) in [5.74, 6) is 0.121. The number of hydrogen-bond donors (Lipinski definition) is 1. The van der Waals surface area contributed by atoms with Crippen LogP contribution in [-0.4, -0.2) is 86.5 Å². The molecule has 10 heteroatoms. The van der Waals surface area contributed by atoms with Gasteiger partial charge in [-0.15, -0.1) is 12.4 Å². The molecule has 2 atom stereocenters. The summed E-state index contributed by atoms with van der Waals surface area (Å²) in [6.45, 7) is 4.47. The number of nitrogens with one attached hydrogen (secondary N) is 1. The lowest BCUT2D eigenvalue weighted by molar-refractivity contribution is 0.0740. The molecular formula is C29H38Cl3N5O2. The lowest BCUT2D eigenvalue weighted by Crippen LogP contribution is -2.54.